The maximum Gasteiger partial charge on any atom is 0.308 e. The van der Waals surface area contributed by atoms with Crippen LogP contribution in [0.3, 0.4) is 0 Å². The van der Waals surface area contributed by atoms with Crippen LogP contribution in [0.15, 0.2) is 0 Å². The molecule has 1 rings (SSSR count). The zero-order chi connectivity index (χ0) is 11.4. The minimum atomic E-state index is -0.800. The van der Waals surface area contributed by atoms with Crippen molar-refractivity contribution in [2.75, 3.05) is 18.8 Å². The second-order valence-electron chi connectivity index (χ2n) is 4.05. The number of thiol groups is 1. The monoisotopic (exact) mass is 231 g/mol. The van der Waals surface area contributed by atoms with E-state index in [0.29, 0.717) is 25.3 Å². The SMILES string of the molecule is C[C@H](CS)C(=O)N1CCC[C@H](C(=O)O)C1. The van der Waals surface area contributed by atoms with Gasteiger partial charge < -0.3 is 10.0 Å². The molecular weight excluding hydrogens is 214 g/mol. The molecule has 0 radical (unpaired) electrons. The number of carbonyl (C=O) groups is 2. The van der Waals surface area contributed by atoms with Gasteiger partial charge in [0.05, 0.1) is 5.92 Å². The Labute approximate surface area is 95.1 Å². The summed E-state index contributed by atoms with van der Waals surface area (Å²) in [6.45, 7) is 2.85. The fraction of sp³-hybridized carbons (Fsp3) is 0.800. The van der Waals surface area contributed by atoms with Crippen molar-refractivity contribution in [3.63, 3.8) is 0 Å². The Morgan fingerprint density at radius 1 is 1.60 bits per heavy atom. The number of carboxylic acids is 1. The van der Waals surface area contributed by atoms with Gasteiger partial charge in [0.1, 0.15) is 0 Å². The summed E-state index contributed by atoms with van der Waals surface area (Å²) in [5.41, 5.74) is 0. The van der Waals surface area contributed by atoms with Crippen LogP contribution in [0.1, 0.15) is 19.8 Å². The Kier molecular flexibility index (Phi) is 4.45. The quantitative estimate of drug-likeness (QED) is 0.709. The number of piperidine rings is 1. The molecule has 1 amide bonds. The first kappa shape index (κ1) is 12.4. The second kappa shape index (κ2) is 5.39. The number of carbonyl (C=O) groups excluding carboxylic acids is 1. The van der Waals surface area contributed by atoms with Crippen molar-refractivity contribution >= 4 is 24.5 Å². The Morgan fingerprint density at radius 3 is 2.80 bits per heavy atom. The number of hydrogen-bond acceptors (Lipinski definition) is 3. The van der Waals surface area contributed by atoms with Crippen molar-refractivity contribution in [3.8, 4) is 0 Å². The molecule has 4 nitrogen and oxygen atoms in total. The van der Waals surface area contributed by atoms with Crippen molar-refractivity contribution < 1.29 is 14.7 Å². The third kappa shape index (κ3) is 3.12. The summed E-state index contributed by atoms with van der Waals surface area (Å²) in [6.07, 6.45) is 1.45. The van der Waals surface area contributed by atoms with Crippen LogP contribution in [-0.2, 0) is 9.59 Å². The molecule has 0 saturated carbocycles. The second-order valence-corrected chi connectivity index (χ2v) is 4.41. The third-order valence-electron chi connectivity index (χ3n) is 2.78. The minimum absolute atomic E-state index is 0.0240. The molecule has 0 aromatic heterocycles. The van der Waals surface area contributed by atoms with Crippen LogP contribution in [0.4, 0.5) is 0 Å². The number of carboxylic acid groups (broad SMARTS) is 1. The van der Waals surface area contributed by atoms with E-state index < -0.39 is 11.9 Å². The number of hydrogen-bond donors (Lipinski definition) is 2. The highest BCUT2D eigenvalue weighted by Gasteiger charge is 2.29. The molecule has 0 aliphatic carbocycles. The van der Waals surface area contributed by atoms with Gasteiger partial charge in [0.25, 0.3) is 0 Å². The van der Waals surface area contributed by atoms with Gasteiger partial charge in [-0.25, -0.2) is 0 Å². The minimum Gasteiger partial charge on any atom is -0.481 e. The molecule has 15 heavy (non-hydrogen) atoms. The Bertz CT molecular complexity index is 257. The van der Waals surface area contributed by atoms with E-state index in [1.54, 1.807) is 4.90 Å². The first-order valence-corrected chi connectivity index (χ1v) is 5.82. The first-order valence-electron chi connectivity index (χ1n) is 5.18. The number of amides is 1. The van der Waals surface area contributed by atoms with E-state index in [1.165, 1.54) is 0 Å². The maximum atomic E-state index is 11.8. The number of rotatable bonds is 3. The van der Waals surface area contributed by atoms with Gasteiger partial charge in [-0.2, -0.15) is 12.6 Å². The first-order chi connectivity index (χ1) is 7.06. The molecule has 1 aliphatic rings. The van der Waals surface area contributed by atoms with Crippen LogP contribution in [0.25, 0.3) is 0 Å². The van der Waals surface area contributed by atoms with E-state index in [2.05, 4.69) is 12.6 Å². The van der Waals surface area contributed by atoms with Crippen LogP contribution in [0, 0.1) is 11.8 Å². The summed E-state index contributed by atoms with van der Waals surface area (Å²) in [7, 11) is 0. The van der Waals surface area contributed by atoms with Crippen LogP contribution >= 0.6 is 12.6 Å². The standard InChI is InChI=1S/C10H17NO3S/c1-7(6-15)9(12)11-4-2-3-8(5-11)10(13)14/h7-8,15H,2-6H2,1H3,(H,13,14)/t7-,8+/m1/s1. The molecule has 1 heterocycles. The Balaban J connectivity index is 2.56. The normalized spacial score (nSPS) is 23.6. The van der Waals surface area contributed by atoms with Crippen molar-refractivity contribution in [1.82, 2.24) is 4.90 Å². The Morgan fingerprint density at radius 2 is 2.27 bits per heavy atom. The van der Waals surface area contributed by atoms with E-state index >= 15 is 0 Å². The van der Waals surface area contributed by atoms with Gasteiger partial charge in [-0.1, -0.05) is 6.92 Å². The van der Waals surface area contributed by atoms with Crippen LogP contribution in [0.5, 0.6) is 0 Å². The lowest BCUT2D eigenvalue weighted by Crippen LogP contribution is -2.44. The molecular formula is C10H17NO3S. The van der Waals surface area contributed by atoms with Crippen molar-refractivity contribution in [2.45, 2.75) is 19.8 Å². The van der Waals surface area contributed by atoms with Gasteiger partial charge >= 0.3 is 5.97 Å². The summed E-state index contributed by atoms with van der Waals surface area (Å²) >= 11 is 4.07. The lowest BCUT2D eigenvalue weighted by molar-refractivity contribution is -0.146. The molecule has 0 aromatic carbocycles. The van der Waals surface area contributed by atoms with E-state index in [9.17, 15) is 9.59 Å². The molecule has 86 valence electrons. The highest BCUT2D eigenvalue weighted by atomic mass is 32.1. The predicted molar refractivity (Wildman–Crippen MR) is 60.0 cm³/mol. The number of aliphatic carboxylic acids is 1. The summed E-state index contributed by atoms with van der Waals surface area (Å²) in [5, 5.41) is 8.88. The molecule has 0 aromatic rings. The van der Waals surface area contributed by atoms with E-state index in [1.807, 2.05) is 6.92 Å². The van der Waals surface area contributed by atoms with E-state index in [-0.39, 0.29) is 11.8 Å². The number of likely N-dealkylation sites (tertiary alicyclic amines) is 1. The van der Waals surface area contributed by atoms with E-state index in [0.717, 1.165) is 6.42 Å². The van der Waals surface area contributed by atoms with Gasteiger partial charge in [0.2, 0.25) is 5.91 Å². The van der Waals surface area contributed by atoms with Crippen molar-refractivity contribution in [1.29, 1.82) is 0 Å². The molecule has 1 aliphatic heterocycles. The van der Waals surface area contributed by atoms with Crippen molar-refractivity contribution in [3.05, 3.63) is 0 Å². The molecule has 0 spiro atoms. The zero-order valence-electron chi connectivity index (χ0n) is 8.85. The average molecular weight is 231 g/mol. The molecule has 1 N–H and O–H groups in total. The average Bonchev–Trinajstić information content (AvgIpc) is 2.27. The van der Waals surface area contributed by atoms with Gasteiger partial charge in [-0.3, -0.25) is 9.59 Å². The summed E-state index contributed by atoms with van der Waals surface area (Å²) in [5.74, 6) is -0.787. The highest BCUT2D eigenvalue weighted by molar-refractivity contribution is 7.80. The Hall–Kier alpha value is -0.710. The molecule has 5 heteroatoms. The zero-order valence-corrected chi connectivity index (χ0v) is 9.74. The van der Waals surface area contributed by atoms with Crippen molar-refractivity contribution in [2.24, 2.45) is 11.8 Å². The van der Waals surface area contributed by atoms with Crippen LogP contribution in [-0.4, -0.2) is 40.7 Å². The smallest absolute Gasteiger partial charge is 0.308 e. The van der Waals surface area contributed by atoms with Gasteiger partial charge in [0.15, 0.2) is 0 Å². The fourth-order valence-electron chi connectivity index (χ4n) is 1.77. The lowest BCUT2D eigenvalue weighted by atomic mass is 9.97. The lowest BCUT2D eigenvalue weighted by Gasteiger charge is -2.32. The van der Waals surface area contributed by atoms with Gasteiger partial charge in [-0.05, 0) is 12.8 Å². The topological polar surface area (TPSA) is 57.6 Å². The van der Waals surface area contributed by atoms with Crippen LogP contribution in [0.2, 0.25) is 0 Å². The van der Waals surface area contributed by atoms with Gasteiger partial charge in [-0.15, -0.1) is 0 Å². The van der Waals surface area contributed by atoms with Crippen LogP contribution < -0.4 is 0 Å². The van der Waals surface area contributed by atoms with E-state index in [4.69, 9.17) is 5.11 Å². The molecule has 1 saturated heterocycles. The third-order valence-corrected chi connectivity index (χ3v) is 3.33. The molecule has 1 fully saturated rings. The maximum absolute atomic E-state index is 11.8. The predicted octanol–water partition coefficient (Wildman–Crippen LogP) is 0.876. The largest absolute Gasteiger partial charge is 0.481 e. The summed E-state index contributed by atoms with van der Waals surface area (Å²) in [4.78, 5) is 24.2. The summed E-state index contributed by atoms with van der Waals surface area (Å²) in [6, 6.07) is 0. The molecule has 2 atom stereocenters. The van der Waals surface area contributed by atoms with Gasteiger partial charge in [0, 0.05) is 24.8 Å². The highest BCUT2D eigenvalue weighted by Crippen LogP contribution is 2.18. The fourth-order valence-corrected chi connectivity index (χ4v) is 1.92. The summed E-state index contributed by atoms with van der Waals surface area (Å²) < 4.78 is 0. The molecule has 0 unspecified atom stereocenters. The number of nitrogens with zero attached hydrogens (tertiary/aromatic N) is 1. The molecule has 0 bridgehead atoms.